The van der Waals surface area contributed by atoms with Gasteiger partial charge in [-0.15, -0.1) is 24.8 Å². The molecule has 1 aromatic heterocycles. The van der Waals surface area contributed by atoms with Gasteiger partial charge in [0.2, 0.25) is 5.91 Å². The lowest BCUT2D eigenvalue weighted by Gasteiger charge is -2.23. The van der Waals surface area contributed by atoms with Gasteiger partial charge in [0.15, 0.2) is 5.82 Å². The molecule has 4 rings (SSSR count). The maximum Gasteiger partial charge on any atom is 0.228 e. The minimum Gasteiger partial charge on any atom is -0.326 e. The van der Waals surface area contributed by atoms with Crippen molar-refractivity contribution in [3.05, 3.63) is 42.5 Å². The maximum absolute atomic E-state index is 14.2. The monoisotopic (exact) mass is 386 g/mol. The van der Waals surface area contributed by atoms with Crippen LogP contribution in [0.1, 0.15) is 19.3 Å². The fourth-order valence-corrected chi connectivity index (χ4v) is 3.61. The number of nitrogens with one attached hydrogen (secondary N) is 2. The molecule has 25 heavy (non-hydrogen) atoms. The van der Waals surface area contributed by atoms with Crippen LogP contribution in [0.5, 0.6) is 0 Å². The first-order chi connectivity index (χ1) is 11.2. The second-order valence-electron chi connectivity index (χ2n) is 6.48. The molecule has 136 valence electrons. The lowest BCUT2D eigenvalue weighted by molar-refractivity contribution is -0.118. The first-order valence-corrected chi connectivity index (χ1v) is 7.99. The van der Waals surface area contributed by atoms with E-state index in [1.54, 1.807) is 30.6 Å². The topological polar surface area (TPSA) is 59.0 Å². The van der Waals surface area contributed by atoms with Crippen LogP contribution >= 0.6 is 24.8 Å². The maximum atomic E-state index is 14.2. The van der Waals surface area contributed by atoms with Crippen molar-refractivity contribution >= 4 is 36.4 Å². The lowest BCUT2D eigenvalue weighted by atomic mass is 9.92. The van der Waals surface area contributed by atoms with Crippen LogP contribution in [0.2, 0.25) is 0 Å². The summed E-state index contributed by atoms with van der Waals surface area (Å²) in [6, 6.07) is 6.44. The van der Waals surface area contributed by atoms with E-state index in [0.29, 0.717) is 11.4 Å². The van der Waals surface area contributed by atoms with E-state index in [-0.39, 0.29) is 42.1 Å². The summed E-state index contributed by atoms with van der Waals surface area (Å²) in [7, 11) is 0. The number of nitrogens with zero attached hydrogens (tertiary/aromatic N) is 2. The molecule has 2 heterocycles. The minimum atomic E-state index is -0.404. The van der Waals surface area contributed by atoms with Crippen LogP contribution in [-0.4, -0.2) is 28.8 Å². The highest BCUT2D eigenvalue weighted by molar-refractivity contribution is 5.95. The van der Waals surface area contributed by atoms with E-state index in [1.807, 2.05) is 0 Å². The third-order valence-corrected chi connectivity index (χ3v) is 5.07. The van der Waals surface area contributed by atoms with Gasteiger partial charge in [-0.2, -0.15) is 5.10 Å². The second kappa shape index (κ2) is 7.72. The predicted molar refractivity (Wildman–Crippen MR) is 99.3 cm³/mol. The zero-order valence-corrected chi connectivity index (χ0v) is 15.2. The summed E-state index contributed by atoms with van der Waals surface area (Å²) in [6.45, 7) is 1.97. The highest BCUT2D eigenvalue weighted by Crippen LogP contribution is 2.58. The molecule has 2 aromatic rings. The van der Waals surface area contributed by atoms with Gasteiger partial charge >= 0.3 is 0 Å². The number of amides is 1. The van der Waals surface area contributed by atoms with Crippen LogP contribution in [0.25, 0.3) is 5.69 Å². The first-order valence-electron chi connectivity index (χ1n) is 7.99. The molecule has 1 saturated heterocycles. The summed E-state index contributed by atoms with van der Waals surface area (Å²) in [4.78, 5) is 12.4. The molecule has 0 radical (unpaired) electrons. The Morgan fingerprint density at radius 3 is 2.72 bits per heavy atom. The number of halogens is 3. The molecule has 1 aliphatic carbocycles. The van der Waals surface area contributed by atoms with Crippen LogP contribution in [0.15, 0.2) is 36.7 Å². The number of carbonyl (C=O) groups is 1. The van der Waals surface area contributed by atoms with Gasteiger partial charge < -0.3 is 10.6 Å². The van der Waals surface area contributed by atoms with E-state index in [1.165, 1.54) is 10.7 Å². The quantitative estimate of drug-likeness (QED) is 0.851. The minimum absolute atomic E-state index is 0. The van der Waals surface area contributed by atoms with Gasteiger partial charge in [-0.25, -0.2) is 9.07 Å². The molecule has 2 fully saturated rings. The summed E-state index contributed by atoms with van der Waals surface area (Å²) in [5.41, 5.74) is 1.05. The van der Waals surface area contributed by atoms with Crippen molar-refractivity contribution in [1.82, 2.24) is 15.1 Å². The summed E-state index contributed by atoms with van der Waals surface area (Å²) < 4.78 is 15.7. The van der Waals surface area contributed by atoms with E-state index in [9.17, 15) is 9.18 Å². The normalized spacial score (nSPS) is 20.3. The van der Waals surface area contributed by atoms with Crippen molar-refractivity contribution in [2.24, 2.45) is 11.3 Å². The molecule has 1 aliphatic heterocycles. The number of piperidine rings is 1. The van der Waals surface area contributed by atoms with Crippen LogP contribution in [0.4, 0.5) is 10.1 Å². The Bertz CT molecular complexity index is 732. The molecule has 1 spiro atoms. The number of hydrogen-bond donors (Lipinski definition) is 2. The van der Waals surface area contributed by atoms with Crippen LogP contribution in [-0.2, 0) is 4.79 Å². The molecule has 0 bridgehead atoms. The summed E-state index contributed by atoms with van der Waals surface area (Å²) in [5, 5.41) is 10.2. The van der Waals surface area contributed by atoms with Crippen LogP contribution < -0.4 is 10.6 Å². The first kappa shape index (κ1) is 19.7. The Kier molecular flexibility index (Phi) is 6.08. The van der Waals surface area contributed by atoms with Gasteiger partial charge in [0.05, 0.1) is 0 Å². The van der Waals surface area contributed by atoms with Crippen molar-refractivity contribution in [1.29, 1.82) is 0 Å². The molecule has 1 unspecified atom stereocenters. The molecule has 2 N–H and O–H groups in total. The van der Waals surface area contributed by atoms with E-state index in [2.05, 4.69) is 15.7 Å². The summed E-state index contributed by atoms with van der Waals surface area (Å²) in [5.74, 6) is -0.324. The average Bonchev–Trinajstić information content (AvgIpc) is 2.97. The predicted octanol–water partition coefficient (Wildman–Crippen LogP) is 3.18. The Labute approximate surface area is 158 Å². The Balaban J connectivity index is 0.00000113. The van der Waals surface area contributed by atoms with Gasteiger partial charge in [0, 0.05) is 24.0 Å². The van der Waals surface area contributed by atoms with Gasteiger partial charge in [-0.3, -0.25) is 4.79 Å². The van der Waals surface area contributed by atoms with Crippen molar-refractivity contribution in [3.63, 3.8) is 0 Å². The molecular formula is C17H21Cl2FN4O. The second-order valence-corrected chi connectivity index (χ2v) is 6.48. The zero-order chi connectivity index (χ0) is 15.9. The highest BCUT2D eigenvalue weighted by Gasteiger charge is 2.57. The molecular weight excluding hydrogens is 366 g/mol. The van der Waals surface area contributed by atoms with E-state index < -0.39 is 5.82 Å². The summed E-state index contributed by atoms with van der Waals surface area (Å²) >= 11 is 0. The smallest absolute Gasteiger partial charge is 0.228 e. The van der Waals surface area contributed by atoms with Gasteiger partial charge in [0.1, 0.15) is 5.69 Å². The number of benzene rings is 1. The lowest BCUT2D eigenvalue weighted by Crippen LogP contribution is -2.31. The van der Waals surface area contributed by atoms with Crippen molar-refractivity contribution in [2.45, 2.75) is 19.3 Å². The van der Waals surface area contributed by atoms with E-state index in [0.717, 1.165) is 32.4 Å². The molecule has 5 nitrogen and oxygen atoms in total. The fraction of sp³-hybridized carbons (Fsp3) is 0.412. The zero-order valence-electron chi connectivity index (χ0n) is 13.6. The van der Waals surface area contributed by atoms with E-state index in [4.69, 9.17) is 0 Å². The number of carbonyl (C=O) groups excluding carboxylic acids is 1. The highest BCUT2D eigenvalue weighted by atomic mass is 35.5. The largest absolute Gasteiger partial charge is 0.326 e. The third-order valence-electron chi connectivity index (χ3n) is 5.07. The van der Waals surface area contributed by atoms with Crippen molar-refractivity contribution < 1.29 is 9.18 Å². The van der Waals surface area contributed by atoms with Crippen molar-refractivity contribution in [3.8, 4) is 5.69 Å². The standard InChI is InChI=1S/C17H19FN4O.2ClH/c18-14-10-12(2-3-15(14)22-9-1-6-20-22)21-16(23)13-11-17(13)4-7-19-8-5-17;;/h1-3,6,9-10,13,19H,4-5,7-8,11H2,(H,21,23);2*1H. The third kappa shape index (κ3) is 3.81. The molecule has 8 heteroatoms. The number of aromatic nitrogens is 2. The molecule has 1 amide bonds. The Morgan fingerprint density at radius 2 is 2.08 bits per heavy atom. The molecule has 1 saturated carbocycles. The SMILES string of the molecule is Cl.Cl.O=C(Nc1ccc(-n2cccn2)c(F)c1)C1CC12CCNCC2. The van der Waals surface area contributed by atoms with Gasteiger partial charge in [0.25, 0.3) is 0 Å². The van der Waals surface area contributed by atoms with E-state index >= 15 is 0 Å². The van der Waals surface area contributed by atoms with Gasteiger partial charge in [-0.1, -0.05) is 0 Å². The number of hydrogen-bond acceptors (Lipinski definition) is 3. The number of rotatable bonds is 3. The van der Waals surface area contributed by atoms with Gasteiger partial charge in [-0.05, 0) is 62.0 Å². The molecule has 2 aliphatic rings. The fourth-order valence-electron chi connectivity index (χ4n) is 3.61. The van der Waals surface area contributed by atoms with Crippen molar-refractivity contribution in [2.75, 3.05) is 18.4 Å². The molecule has 1 atom stereocenters. The average molecular weight is 387 g/mol. The Hall–Kier alpha value is -1.63. The summed E-state index contributed by atoms with van der Waals surface area (Å²) in [6.07, 6.45) is 6.34. The number of anilines is 1. The Morgan fingerprint density at radius 1 is 1.32 bits per heavy atom. The van der Waals surface area contributed by atoms with Crippen LogP contribution in [0, 0.1) is 17.2 Å². The molecule has 1 aromatic carbocycles. The van der Waals surface area contributed by atoms with Crippen LogP contribution in [0.3, 0.4) is 0 Å².